The van der Waals surface area contributed by atoms with E-state index in [0.29, 0.717) is 18.7 Å². The zero-order valence-corrected chi connectivity index (χ0v) is 15.6. The molecule has 0 aliphatic carbocycles. The molecule has 0 spiro atoms. The third kappa shape index (κ3) is 2.87. The fraction of sp³-hybridized carbons (Fsp3) is 0.500. The number of likely N-dealkylation sites (N-methyl/N-ethyl adjacent to an activating group) is 1. The van der Waals surface area contributed by atoms with Crippen molar-refractivity contribution < 1.29 is 14.0 Å². The zero-order chi connectivity index (χ0) is 19.3. The van der Waals surface area contributed by atoms with Gasteiger partial charge in [0.15, 0.2) is 6.29 Å². The standard InChI is InChI=1S/C18H23FN6O2/c1-4-25-17-20-15-14(23(17)9-11(2)21-25)16(26)24(18(27)22(15)3)10-12-5-7-13(19)8-6-12/h5-8,14-15,17,20H,4,9-10H2,1-3H3. The van der Waals surface area contributed by atoms with Gasteiger partial charge in [-0.3, -0.25) is 20.0 Å². The minimum Gasteiger partial charge on any atom is -0.310 e. The van der Waals surface area contributed by atoms with Crippen molar-refractivity contribution in [1.29, 1.82) is 0 Å². The maximum atomic E-state index is 13.3. The minimum absolute atomic E-state index is 0.120. The minimum atomic E-state index is -0.488. The second kappa shape index (κ2) is 6.58. The molecular formula is C18H23FN6O2. The van der Waals surface area contributed by atoms with Crippen LogP contribution in [0, 0.1) is 5.82 Å². The van der Waals surface area contributed by atoms with Gasteiger partial charge in [-0.05, 0) is 31.5 Å². The van der Waals surface area contributed by atoms with Crippen LogP contribution in [0.15, 0.2) is 29.4 Å². The van der Waals surface area contributed by atoms with Crippen molar-refractivity contribution in [2.45, 2.75) is 38.9 Å². The summed E-state index contributed by atoms with van der Waals surface area (Å²) in [5.41, 5.74) is 1.63. The first kappa shape index (κ1) is 17.9. The maximum absolute atomic E-state index is 13.3. The quantitative estimate of drug-likeness (QED) is 0.848. The highest BCUT2D eigenvalue weighted by molar-refractivity contribution is 6.01. The summed E-state index contributed by atoms with van der Waals surface area (Å²) in [4.78, 5) is 30.9. The lowest BCUT2D eigenvalue weighted by atomic mass is 10.1. The lowest BCUT2D eigenvalue weighted by Crippen LogP contribution is -2.66. The van der Waals surface area contributed by atoms with Crippen molar-refractivity contribution >= 4 is 17.6 Å². The number of imide groups is 1. The highest BCUT2D eigenvalue weighted by Crippen LogP contribution is 2.30. The molecule has 2 saturated heterocycles. The summed E-state index contributed by atoms with van der Waals surface area (Å²) >= 11 is 0. The van der Waals surface area contributed by atoms with E-state index in [2.05, 4.69) is 15.3 Å². The van der Waals surface area contributed by atoms with Gasteiger partial charge in [-0.15, -0.1) is 0 Å². The van der Waals surface area contributed by atoms with Gasteiger partial charge in [-0.2, -0.15) is 5.10 Å². The van der Waals surface area contributed by atoms with Gasteiger partial charge in [0.2, 0.25) is 0 Å². The Morgan fingerprint density at radius 3 is 2.63 bits per heavy atom. The predicted molar refractivity (Wildman–Crippen MR) is 96.8 cm³/mol. The van der Waals surface area contributed by atoms with Crippen LogP contribution in [0.5, 0.6) is 0 Å². The number of rotatable bonds is 3. The summed E-state index contributed by atoms with van der Waals surface area (Å²) in [6, 6.07) is 4.99. The first-order chi connectivity index (χ1) is 12.9. The molecule has 27 heavy (non-hydrogen) atoms. The number of halogens is 1. The number of hydrazone groups is 1. The first-order valence-electron chi connectivity index (χ1n) is 9.06. The van der Waals surface area contributed by atoms with Gasteiger partial charge in [-0.25, -0.2) is 14.1 Å². The van der Waals surface area contributed by atoms with Gasteiger partial charge in [0.1, 0.15) is 18.0 Å². The number of hydrogen-bond donors (Lipinski definition) is 1. The highest BCUT2D eigenvalue weighted by atomic mass is 19.1. The third-order valence-electron chi connectivity index (χ3n) is 5.33. The van der Waals surface area contributed by atoms with E-state index < -0.39 is 12.2 Å². The summed E-state index contributed by atoms with van der Waals surface area (Å²) < 4.78 is 13.2. The van der Waals surface area contributed by atoms with Gasteiger partial charge in [0, 0.05) is 25.8 Å². The number of carbonyl (C=O) groups excluding carboxylic acids is 2. The molecule has 3 amide bonds. The molecule has 2 fully saturated rings. The van der Waals surface area contributed by atoms with Gasteiger partial charge in [0.05, 0.1) is 6.54 Å². The number of nitrogens with one attached hydrogen (secondary N) is 1. The average molecular weight is 374 g/mol. The van der Waals surface area contributed by atoms with Crippen LogP contribution in [-0.4, -0.2) is 76.0 Å². The Balaban J connectivity index is 1.63. The van der Waals surface area contributed by atoms with E-state index in [9.17, 15) is 14.0 Å². The van der Waals surface area contributed by atoms with Crippen molar-refractivity contribution in [3.63, 3.8) is 0 Å². The Kier molecular flexibility index (Phi) is 4.35. The van der Waals surface area contributed by atoms with E-state index >= 15 is 0 Å². The zero-order valence-electron chi connectivity index (χ0n) is 15.6. The summed E-state index contributed by atoms with van der Waals surface area (Å²) in [6.07, 6.45) is -0.631. The van der Waals surface area contributed by atoms with E-state index in [1.165, 1.54) is 17.0 Å². The molecule has 0 bridgehead atoms. The SMILES string of the molecule is CCN1N=C(C)CN2C3C(=O)N(Cc4ccc(F)cc4)C(=O)N(C)C3NC12. The van der Waals surface area contributed by atoms with Crippen LogP contribution in [0.3, 0.4) is 0 Å². The van der Waals surface area contributed by atoms with Crippen molar-refractivity contribution in [3.8, 4) is 0 Å². The second-order valence-corrected chi connectivity index (χ2v) is 7.14. The Morgan fingerprint density at radius 2 is 1.96 bits per heavy atom. The normalized spacial score (nSPS) is 28.4. The molecular weight excluding hydrogens is 351 g/mol. The Morgan fingerprint density at radius 1 is 1.26 bits per heavy atom. The van der Waals surface area contributed by atoms with Gasteiger partial charge in [-0.1, -0.05) is 12.1 Å². The maximum Gasteiger partial charge on any atom is 0.328 e. The molecule has 3 aliphatic heterocycles. The van der Waals surface area contributed by atoms with Crippen LogP contribution in [0.25, 0.3) is 0 Å². The van der Waals surface area contributed by atoms with Crippen molar-refractivity contribution in [2.75, 3.05) is 20.1 Å². The van der Waals surface area contributed by atoms with E-state index in [1.807, 2.05) is 18.9 Å². The summed E-state index contributed by atoms with van der Waals surface area (Å²) in [5.74, 6) is -0.592. The van der Waals surface area contributed by atoms with Gasteiger partial charge in [0.25, 0.3) is 5.91 Å². The number of carbonyl (C=O) groups is 2. The molecule has 3 atom stereocenters. The molecule has 8 nitrogen and oxygen atoms in total. The van der Waals surface area contributed by atoms with Crippen molar-refractivity contribution in [2.24, 2.45) is 5.10 Å². The van der Waals surface area contributed by atoms with Crippen LogP contribution >= 0.6 is 0 Å². The molecule has 1 aromatic rings. The number of nitrogens with zero attached hydrogens (tertiary/aromatic N) is 5. The fourth-order valence-electron chi connectivity index (χ4n) is 4.01. The van der Waals surface area contributed by atoms with Gasteiger partial charge >= 0.3 is 6.03 Å². The number of benzene rings is 1. The lowest BCUT2D eigenvalue weighted by molar-refractivity contribution is -0.139. The second-order valence-electron chi connectivity index (χ2n) is 7.14. The molecule has 3 heterocycles. The summed E-state index contributed by atoms with van der Waals surface area (Å²) in [5, 5.41) is 9.81. The highest BCUT2D eigenvalue weighted by Gasteiger charge is 2.56. The Labute approximate surface area is 157 Å². The van der Waals surface area contributed by atoms with Crippen LogP contribution in [0.1, 0.15) is 19.4 Å². The van der Waals surface area contributed by atoms with Crippen molar-refractivity contribution in [3.05, 3.63) is 35.6 Å². The smallest absolute Gasteiger partial charge is 0.310 e. The van der Waals surface area contributed by atoms with Crippen LogP contribution in [0.4, 0.5) is 9.18 Å². The molecule has 0 saturated carbocycles. The van der Waals surface area contributed by atoms with E-state index in [1.54, 1.807) is 24.1 Å². The molecule has 0 radical (unpaired) electrons. The van der Waals surface area contributed by atoms with E-state index in [4.69, 9.17) is 0 Å². The molecule has 3 aliphatic rings. The molecule has 3 unspecified atom stereocenters. The predicted octanol–water partition coefficient (Wildman–Crippen LogP) is 0.815. The molecule has 144 valence electrons. The lowest BCUT2D eigenvalue weighted by Gasteiger charge is -2.42. The number of urea groups is 1. The monoisotopic (exact) mass is 374 g/mol. The summed E-state index contributed by atoms with van der Waals surface area (Å²) in [7, 11) is 1.69. The molecule has 1 aromatic carbocycles. The Bertz CT molecular complexity index is 798. The van der Waals surface area contributed by atoms with E-state index in [-0.39, 0.29) is 30.6 Å². The number of amides is 3. The van der Waals surface area contributed by atoms with E-state index in [0.717, 1.165) is 5.71 Å². The van der Waals surface area contributed by atoms with Crippen molar-refractivity contribution in [1.82, 2.24) is 25.0 Å². The molecule has 9 heteroatoms. The average Bonchev–Trinajstić information content (AvgIpc) is 3.04. The molecule has 1 N–H and O–H groups in total. The first-order valence-corrected chi connectivity index (χ1v) is 9.06. The number of fused-ring (bicyclic) bond motifs is 3. The topological polar surface area (TPSA) is 71.5 Å². The molecule has 4 rings (SSSR count). The largest absolute Gasteiger partial charge is 0.328 e. The molecule has 0 aromatic heterocycles. The number of hydrogen-bond acceptors (Lipinski definition) is 6. The fourth-order valence-corrected chi connectivity index (χ4v) is 4.01. The summed E-state index contributed by atoms with van der Waals surface area (Å²) in [6.45, 7) is 5.31. The third-order valence-corrected chi connectivity index (χ3v) is 5.33. The van der Waals surface area contributed by atoms with Crippen LogP contribution < -0.4 is 5.32 Å². The van der Waals surface area contributed by atoms with Crippen LogP contribution in [-0.2, 0) is 11.3 Å². The van der Waals surface area contributed by atoms with Crippen LogP contribution in [0.2, 0.25) is 0 Å². The van der Waals surface area contributed by atoms with Gasteiger partial charge < -0.3 is 4.90 Å². The Hall–Kier alpha value is -2.52.